The lowest BCUT2D eigenvalue weighted by Gasteiger charge is -2.21. The highest BCUT2D eigenvalue weighted by molar-refractivity contribution is 7.92. The maximum absolute atomic E-state index is 13.0. The number of rotatable bonds is 8. The number of aromatic hydroxyl groups is 1. The third kappa shape index (κ3) is 5.44. The second kappa shape index (κ2) is 9.89. The van der Waals surface area contributed by atoms with Crippen LogP contribution in [0, 0.1) is 5.92 Å². The van der Waals surface area contributed by atoms with Crippen molar-refractivity contribution in [1.82, 2.24) is 0 Å². The van der Waals surface area contributed by atoms with Crippen LogP contribution in [-0.4, -0.2) is 30.9 Å². The van der Waals surface area contributed by atoms with E-state index in [0.29, 0.717) is 30.5 Å². The van der Waals surface area contributed by atoms with E-state index in [1.54, 1.807) is 24.3 Å². The number of Topliss-reactive ketones (excluding diaryl/α,β-unsaturated/α-hetero) is 1. The normalized spacial score (nSPS) is 17.7. The molecule has 178 valence electrons. The summed E-state index contributed by atoms with van der Waals surface area (Å²) in [5, 5.41) is 11.2. The fraction of sp³-hybridized carbons (Fsp3) is 0.500. The first kappa shape index (κ1) is 23.8. The molecule has 9 heteroatoms. The highest BCUT2D eigenvalue weighted by Gasteiger charge is 2.39. The molecule has 1 aromatic heterocycles. The molecule has 1 heterocycles. The number of hydrogen-bond donors (Lipinski definition) is 2. The number of carbonyl (C=O) groups excluding carboxylic acids is 1. The molecule has 2 N–H and O–H groups in total. The van der Waals surface area contributed by atoms with Gasteiger partial charge in [-0.15, -0.1) is 11.6 Å². The number of hydrogen-bond acceptors (Lipinski definition) is 6. The van der Waals surface area contributed by atoms with Gasteiger partial charge in [-0.25, -0.2) is 13.2 Å². The number of alkyl halides is 1. The molecule has 0 bridgehead atoms. The zero-order chi connectivity index (χ0) is 23.6. The molecule has 0 saturated heterocycles. The number of benzene rings is 1. The van der Waals surface area contributed by atoms with Gasteiger partial charge in [-0.1, -0.05) is 18.6 Å². The van der Waals surface area contributed by atoms with Crippen LogP contribution in [0.5, 0.6) is 5.75 Å². The van der Waals surface area contributed by atoms with Gasteiger partial charge in [0.25, 0.3) is 0 Å². The van der Waals surface area contributed by atoms with Crippen LogP contribution in [0.15, 0.2) is 33.5 Å². The molecular weight excluding hydrogens is 466 g/mol. The van der Waals surface area contributed by atoms with Crippen molar-refractivity contribution in [2.45, 2.75) is 57.3 Å². The van der Waals surface area contributed by atoms with Crippen molar-refractivity contribution in [2.75, 3.05) is 16.4 Å². The van der Waals surface area contributed by atoms with Gasteiger partial charge >= 0.3 is 5.63 Å². The molecule has 1 atom stereocenters. The molecule has 0 radical (unpaired) electrons. The van der Waals surface area contributed by atoms with Crippen LogP contribution < -0.4 is 10.3 Å². The van der Waals surface area contributed by atoms with Gasteiger partial charge in [-0.05, 0) is 55.7 Å². The number of aryl methyl sites for hydroxylation is 1. The van der Waals surface area contributed by atoms with Gasteiger partial charge in [0.15, 0.2) is 5.78 Å². The van der Waals surface area contributed by atoms with E-state index in [1.807, 2.05) is 0 Å². The van der Waals surface area contributed by atoms with Crippen molar-refractivity contribution in [3.8, 4) is 5.75 Å². The second-order valence-corrected chi connectivity index (χ2v) is 11.1. The second-order valence-electron chi connectivity index (χ2n) is 8.84. The van der Waals surface area contributed by atoms with Gasteiger partial charge in [0.2, 0.25) is 10.0 Å². The van der Waals surface area contributed by atoms with Crippen LogP contribution >= 0.6 is 11.6 Å². The van der Waals surface area contributed by atoms with Crippen LogP contribution in [0.4, 0.5) is 5.69 Å². The number of carbonyl (C=O) groups is 1. The molecule has 2 aromatic rings. The molecule has 2 aliphatic carbocycles. The summed E-state index contributed by atoms with van der Waals surface area (Å²) in [7, 11) is -3.56. The monoisotopic (exact) mass is 493 g/mol. The van der Waals surface area contributed by atoms with Gasteiger partial charge in [0, 0.05) is 30.3 Å². The van der Waals surface area contributed by atoms with Gasteiger partial charge < -0.3 is 9.52 Å². The highest BCUT2D eigenvalue weighted by Crippen LogP contribution is 2.49. The molecule has 1 saturated carbocycles. The SMILES string of the molecule is O=C1CCCCCc2oc(=O)c(C(c3cccc(NS(=O)(=O)CCCCl)c3)C3CC3)c(O)c21. The molecular formula is C24H28ClNO6S. The Morgan fingerprint density at radius 2 is 1.91 bits per heavy atom. The smallest absolute Gasteiger partial charge is 0.343 e. The van der Waals surface area contributed by atoms with Crippen LogP contribution in [0.25, 0.3) is 0 Å². The minimum absolute atomic E-state index is 0.0901. The molecule has 1 aromatic carbocycles. The Morgan fingerprint density at radius 1 is 1.15 bits per heavy atom. The summed E-state index contributed by atoms with van der Waals surface area (Å²) in [5.41, 5.74) is 0.652. The molecule has 1 fully saturated rings. The zero-order valence-electron chi connectivity index (χ0n) is 18.3. The number of fused-ring (bicyclic) bond motifs is 1. The highest BCUT2D eigenvalue weighted by atomic mass is 35.5. The Kier molecular flexibility index (Phi) is 7.14. The first-order valence-corrected chi connectivity index (χ1v) is 13.6. The predicted octanol–water partition coefficient (Wildman–Crippen LogP) is 4.56. The summed E-state index contributed by atoms with van der Waals surface area (Å²) in [6.07, 6.45) is 5.21. The van der Waals surface area contributed by atoms with E-state index < -0.39 is 21.6 Å². The van der Waals surface area contributed by atoms with E-state index >= 15 is 0 Å². The van der Waals surface area contributed by atoms with Crippen molar-refractivity contribution >= 4 is 33.1 Å². The van der Waals surface area contributed by atoms with E-state index in [-0.39, 0.29) is 46.0 Å². The number of sulfonamides is 1. The fourth-order valence-corrected chi connectivity index (χ4v) is 5.97. The lowest BCUT2D eigenvalue weighted by Crippen LogP contribution is -2.21. The summed E-state index contributed by atoms with van der Waals surface area (Å²) >= 11 is 5.62. The van der Waals surface area contributed by atoms with Gasteiger partial charge in [-0.2, -0.15) is 0 Å². The summed E-state index contributed by atoms with van der Waals surface area (Å²) in [5.74, 6) is -0.455. The lowest BCUT2D eigenvalue weighted by atomic mass is 9.85. The lowest BCUT2D eigenvalue weighted by molar-refractivity contribution is 0.0968. The molecule has 2 aliphatic rings. The minimum Gasteiger partial charge on any atom is -0.506 e. The topological polar surface area (TPSA) is 114 Å². The van der Waals surface area contributed by atoms with E-state index in [1.165, 1.54) is 0 Å². The largest absolute Gasteiger partial charge is 0.506 e. The van der Waals surface area contributed by atoms with E-state index in [4.69, 9.17) is 16.0 Å². The first-order chi connectivity index (χ1) is 15.8. The summed E-state index contributed by atoms with van der Waals surface area (Å²) in [6.45, 7) is 0. The Bertz CT molecular complexity index is 1200. The Labute approximate surface area is 198 Å². The van der Waals surface area contributed by atoms with Gasteiger partial charge in [0.1, 0.15) is 11.5 Å². The number of halogens is 1. The van der Waals surface area contributed by atoms with Gasteiger partial charge in [-0.3, -0.25) is 9.52 Å². The number of ketones is 1. The van der Waals surface area contributed by atoms with Crippen LogP contribution in [0.1, 0.15) is 78.1 Å². The van der Waals surface area contributed by atoms with Crippen LogP contribution in [0.2, 0.25) is 0 Å². The fourth-order valence-electron chi connectivity index (χ4n) is 4.57. The number of anilines is 1. The number of nitrogens with one attached hydrogen (secondary N) is 1. The van der Waals surface area contributed by atoms with Crippen molar-refractivity contribution in [2.24, 2.45) is 5.92 Å². The molecule has 4 rings (SSSR count). The molecule has 0 amide bonds. The van der Waals surface area contributed by atoms with Gasteiger partial charge in [0.05, 0.1) is 16.9 Å². The average Bonchev–Trinajstić information content (AvgIpc) is 3.58. The molecule has 1 unspecified atom stereocenters. The van der Waals surface area contributed by atoms with Crippen molar-refractivity contribution in [1.29, 1.82) is 0 Å². The minimum atomic E-state index is -3.56. The molecule has 7 nitrogen and oxygen atoms in total. The van der Waals surface area contributed by atoms with E-state index in [9.17, 15) is 23.1 Å². The molecule has 0 spiro atoms. The third-order valence-corrected chi connectivity index (χ3v) is 7.90. The Hall–Kier alpha value is -2.32. The zero-order valence-corrected chi connectivity index (χ0v) is 19.9. The Balaban J connectivity index is 1.75. The Morgan fingerprint density at radius 3 is 2.64 bits per heavy atom. The third-order valence-electron chi connectivity index (χ3n) is 6.26. The van der Waals surface area contributed by atoms with Crippen molar-refractivity contribution in [3.05, 3.63) is 57.1 Å². The summed E-state index contributed by atoms with van der Waals surface area (Å²) < 4.78 is 32.8. The van der Waals surface area contributed by atoms with Crippen molar-refractivity contribution in [3.63, 3.8) is 0 Å². The van der Waals surface area contributed by atoms with E-state index in [2.05, 4.69) is 4.72 Å². The molecule has 0 aliphatic heterocycles. The summed E-state index contributed by atoms with van der Waals surface area (Å²) in [4.78, 5) is 25.8. The maximum atomic E-state index is 13.0. The van der Waals surface area contributed by atoms with Crippen LogP contribution in [-0.2, 0) is 16.4 Å². The molecule has 33 heavy (non-hydrogen) atoms. The maximum Gasteiger partial charge on any atom is 0.343 e. The average molecular weight is 494 g/mol. The van der Waals surface area contributed by atoms with Crippen molar-refractivity contribution < 1.29 is 22.7 Å². The quantitative estimate of drug-likeness (QED) is 0.521. The predicted molar refractivity (Wildman–Crippen MR) is 127 cm³/mol. The van der Waals surface area contributed by atoms with Crippen LogP contribution in [0.3, 0.4) is 0 Å². The summed E-state index contributed by atoms with van der Waals surface area (Å²) in [6, 6.07) is 6.83. The standard InChI is InChI=1S/C24H28ClNO6S/c25-12-5-13-33(30,31)26-17-7-4-6-16(14-17)20(15-10-11-15)22-23(28)21-18(27)8-2-1-3-9-19(21)32-24(22)29/h4,6-7,14-15,20,26,28H,1-3,5,8-13H2. The first-order valence-electron chi connectivity index (χ1n) is 11.4. The van der Waals surface area contributed by atoms with E-state index in [0.717, 1.165) is 32.1 Å².